The van der Waals surface area contributed by atoms with Crippen LogP contribution >= 0.6 is 11.6 Å². The highest BCUT2D eigenvalue weighted by Gasteiger charge is 2.20. The summed E-state index contributed by atoms with van der Waals surface area (Å²) < 4.78 is 29.3. The summed E-state index contributed by atoms with van der Waals surface area (Å²) in [7, 11) is 1.20. The smallest absolute Gasteiger partial charge is 0.356 e. The Labute approximate surface area is 88.4 Å². The first-order chi connectivity index (χ1) is 6.97. The van der Waals surface area contributed by atoms with Gasteiger partial charge in [0.1, 0.15) is 16.5 Å². The molecule has 0 fully saturated rings. The van der Waals surface area contributed by atoms with E-state index in [1.807, 2.05) is 0 Å². The molecule has 1 aromatic heterocycles. The summed E-state index contributed by atoms with van der Waals surface area (Å²) in [5, 5.41) is 8.35. The van der Waals surface area contributed by atoms with Gasteiger partial charge >= 0.3 is 5.97 Å². The van der Waals surface area contributed by atoms with Crippen molar-refractivity contribution in [1.82, 2.24) is 4.98 Å². The number of hydrogen-bond donors (Lipinski definition) is 1. The number of ether oxygens (including phenoxy) is 1. The van der Waals surface area contributed by atoms with Crippen LogP contribution in [0.15, 0.2) is 6.07 Å². The van der Waals surface area contributed by atoms with E-state index in [0.717, 1.165) is 6.07 Å². The van der Waals surface area contributed by atoms with Gasteiger partial charge in [0.05, 0.1) is 7.11 Å². The largest absolute Gasteiger partial charge is 0.495 e. The molecule has 82 valence electrons. The van der Waals surface area contributed by atoms with Crippen LogP contribution in [0.4, 0.5) is 8.78 Å². The van der Waals surface area contributed by atoms with Crippen LogP contribution in [0.1, 0.15) is 22.6 Å². The molecule has 1 rings (SSSR count). The van der Waals surface area contributed by atoms with E-state index in [4.69, 9.17) is 16.7 Å². The van der Waals surface area contributed by atoms with Gasteiger partial charge in [0.2, 0.25) is 0 Å². The lowest BCUT2D eigenvalue weighted by Gasteiger charge is -2.07. The molecule has 0 atom stereocenters. The standard InChI is InChI=1S/C8H6ClF2NO3/c1-15-4-2-3(7(10)11)12-6(5(4)9)8(13)14/h2,7H,1H3,(H,13,14). The summed E-state index contributed by atoms with van der Waals surface area (Å²) in [5.74, 6) is -1.62. The number of halogens is 3. The van der Waals surface area contributed by atoms with E-state index in [9.17, 15) is 13.6 Å². The van der Waals surface area contributed by atoms with Crippen molar-refractivity contribution < 1.29 is 23.4 Å². The first-order valence-electron chi connectivity index (χ1n) is 3.73. The van der Waals surface area contributed by atoms with E-state index in [0.29, 0.717) is 0 Å². The number of carbonyl (C=O) groups is 1. The average molecular weight is 238 g/mol. The Balaban J connectivity index is 3.38. The molecule has 15 heavy (non-hydrogen) atoms. The minimum Gasteiger partial charge on any atom is -0.495 e. The van der Waals surface area contributed by atoms with Gasteiger partial charge in [0.15, 0.2) is 5.69 Å². The van der Waals surface area contributed by atoms with Gasteiger partial charge < -0.3 is 9.84 Å². The minimum atomic E-state index is -2.88. The maximum absolute atomic E-state index is 12.3. The van der Waals surface area contributed by atoms with E-state index in [1.54, 1.807) is 0 Å². The lowest BCUT2D eigenvalue weighted by Crippen LogP contribution is -2.06. The lowest BCUT2D eigenvalue weighted by molar-refractivity contribution is 0.0688. The molecular weight excluding hydrogens is 232 g/mol. The van der Waals surface area contributed by atoms with Crippen LogP contribution in [0.25, 0.3) is 0 Å². The maximum atomic E-state index is 12.3. The topological polar surface area (TPSA) is 59.4 Å². The number of carboxylic acid groups (broad SMARTS) is 1. The van der Waals surface area contributed by atoms with Crippen molar-refractivity contribution in [2.45, 2.75) is 6.43 Å². The van der Waals surface area contributed by atoms with Crippen molar-refractivity contribution in [2.75, 3.05) is 7.11 Å². The number of aromatic nitrogens is 1. The van der Waals surface area contributed by atoms with Crippen LogP contribution in [-0.2, 0) is 0 Å². The molecule has 0 radical (unpaired) electrons. The third-order valence-corrected chi connectivity index (χ3v) is 1.96. The highest BCUT2D eigenvalue weighted by Crippen LogP contribution is 2.31. The van der Waals surface area contributed by atoms with Gasteiger partial charge in [0.25, 0.3) is 6.43 Å². The molecule has 1 N–H and O–H groups in total. The van der Waals surface area contributed by atoms with Crippen molar-refractivity contribution in [3.8, 4) is 5.75 Å². The van der Waals surface area contributed by atoms with Crippen LogP contribution in [0.2, 0.25) is 5.02 Å². The zero-order chi connectivity index (χ0) is 11.6. The Kier molecular flexibility index (Phi) is 3.41. The average Bonchev–Trinajstić information content (AvgIpc) is 2.17. The number of hydrogen-bond acceptors (Lipinski definition) is 3. The summed E-state index contributed by atoms with van der Waals surface area (Å²) in [6, 6.07) is 0.902. The van der Waals surface area contributed by atoms with Crippen molar-refractivity contribution in [1.29, 1.82) is 0 Å². The molecule has 0 unspecified atom stereocenters. The molecule has 0 aliphatic carbocycles. The van der Waals surface area contributed by atoms with Crippen LogP contribution in [0.3, 0.4) is 0 Å². The Morgan fingerprint density at radius 2 is 2.27 bits per heavy atom. The SMILES string of the molecule is COc1cc(C(F)F)nc(C(=O)O)c1Cl. The molecule has 0 bridgehead atoms. The number of rotatable bonds is 3. The first-order valence-corrected chi connectivity index (χ1v) is 4.11. The number of aromatic carboxylic acids is 1. The molecule has 0 amide bonds. The van der Waals surface area contributed by atoms with Crippen molar-refractivity contribution in [3.63, 3.8) is 0 Å². The Bertz CT molecular complexity index is 398. The van der Waals surface area contributed by atoms with E-state index < -0.39 is 23.8 Å². The monoisotopic (exact) mass is 237 g/mol. The van der Waals surface area contributed by atoms with Crippen molar-refractivity contribution >= 4 is 17.6 Å². The molecule has 0 saturated carbocycles. The highest BCUT2D eigenvalue weighted by molar-refractivity contribution is 6.34. The van der Waals surface area contributed by atoms with Crippen LogP contribution < -0.4 is 4.74 Å². The molecule has 0 aromatic carbocycles. The van der Waals surface area contributed by atoms with E-state index in [1.165, 1.54) is 7.11 Å². The van der Waals surface area contributed by atoms with Crippen molar-refractivity contribution in [3.05, 3.63) is 22.5 Å². The Hall–Kier alpha value is -1.43. The molecule has 4 nitrogen and oxygen atoms in total. The van der Waals surface area contributed by atoms with Crippen LogP contribution in [-0.4, -0.2) is 23.2 Å². The van der Waals surface area contributed by atoms with Gasteiger partial charge in [-0.1, -0.05) is 11.6 Å². The van der Waals surface area contributed by atoms with Gasteiger partial charge in [-0.05, 0) is 0 Å². The third kappa shape index (κ3) is 2.33. The minimum absolute atomic E-state index is 0.139. The molecule has 1 heterocycles. The number of methoxy groups -OCH3 is 1. The first kappa shape index (κ1) is 11.6. The molecule has 0 spiro atoms. The predicted octanol–water partition coefficient (Wildman–Crippen LogP) is 2.38. The molecular formula is C8H6ClF2NO3. The third-order valence-electron chi connectivity index (χ3n) is 1.59. The van der Waals surface area contributed by atoms with Gasteiger partial charge in [-0.15, -0.1) is 0 Å². The second kappa shape index (κ2) is 4.39. The molecule has 0 aliphatic rings. The summed E-state index contributed by atoms with van der Waals surface area (Å²) in [4.78, 5) is 13.8. The van der Waals surface area contributed by atoms with E-state index in [2.05, 4.69) is 9.72 Å². The van der Waals surface area contributed by atoms with Gasteiger partial charge in [-0.2, -0.15) is 0 Å². The van der Waals surface area contributed by atoms with Crippen LogP contribution in [0.5, 0.6) is 5.75 Å². The fraction of sp³-hybridized carbons (Fsp3) is 0.250. The summed E-state index contributed by atoms with van der Waals surface area (Å²) in [6.45, 7) is 0. The zero-order valence-corrected chi connectivity index (χ0v) is 8.26. The summed E-state index contributed by atoms with van der Waals surface area (Å²) in [5.41, 5.74) is -1.33. The second-order valence-corrected chi connectivity index (χ2v) is 2.90. The Morgan fingerprint density at radius 1 is 1.67 bits per heavy atom. The number of carboxylic acids is 1. The number of pyridine rings is 1. The molecule has 0 aliphatic heterocycles. The Morgan fingerprint density at radius 3 is 2.67 bits per heavy atom. The molecule has 1 aromatic rings. The second-order valence-electron chi connectivity index (χ2n) is 2.52. The number of alkyl halides is 2. The fourth-order valence-electron chi connectivity index (χ4n) is 0.927. The predicted molar refractivity (Wildman–Crippen MR) is 47.7 cm³/mol. The lowest BCUT2D eigenvalue weighted by atomic mass is 10.3. The maximum Gasteiger partial charge on any atom is 0.356 e. The molecule has 7 heteroatoms. The normalized spacial score (nSPS) is 10.5. The van der Waals surface area contributed by atoms with Gasteiger partial charge in [0, 0.05) is 6.07 Å². The fourth-order valence-corrected chi connectivity index (χ4v) is 1.18. The molecule has 0 saturated heterocycles. The van der Waals surface area contributed by atoms with Crippen molar-refractivity contribution in [2.24, 2.45) is 0 Å². The van der Waals surface area contributed by atoms with E-state index >= 15 is 0 Å². The highest BCUT2D eigenvalue weighted by atomic mass is 35.5. The van der Waals surface area contributed by atoms with Gasteiger partial charge in [-0.25, -0.2) is 18.6 Å². The zero-order valence-electron chi connectivity index (χ0n) is 7.50. The summed E-state index contributed by atoms with van der Waals surface area (Å²) in [6.07, 6.45) is -2.88. The van der Waals surface area contributed by atoms with E-state index in [-0.39, 0.29) is 10.8 Å². The van der Waals surface area contributed by atoms with Gasteiger partial charge in [-0.3, -0.25) is 0 Å². The number of nitrogens with zero attached hydrogens (tertiary/aromatic N) is 1. The van der Waals surface area contributed by atoms with Crippen LogP contribution in [0, 0.1) is 0 Å². The quantitative estimate of drug-likeness (QED) is 0.877. The summed E-state index contributed by atoms with van der Waals surface area (Å²) >= 11 is 5.57.